The first-order chi connectivity index (χ1) is 19.4. The molecular formula is C36H40F4. The number of rotatable bonds is 8. The molecule has 4 heteroatoms. The van der Waals surface area contributed by atoms with E-state index < -0.39 is 23.3 Å². The second-order valence-corrected chi connectivity index (χ2v) is 11.8. The Labute approximate surface area is 236 Å². The number of allylic oxidation sites excluding steroid dienone is 2. The molecule has 0 bridgehead atoms. The maximum absolute atomic E-state index is 15.3. The topological polar surface area (TPSA) is 0 Å². The van der Waals surface area contributed by atoms with E-state index in [1.54, 1.807) is 48.5 Å². The van der Waals surface area contributed by atoms with Crippen molar-refractivity contribution in [3.8, 4) is 22.3 Å². The Morgan fingerprint density at radius 3 is 1.75 bits per heavy atom. The van der Waals surface area contributed by atoms with Gasteiger partial charge < -0.3 is 0 Å². The van der Waals surface area contributed by atoms with Gasteiger partial charge in [0.05, 0.1) is 0 Å². The van der Waals surface area contributed by atoms with Gasteiger partial charge >= 0.3 is 0 Å². The molecule has 1 fully saturated rings. The zero-order valence-electron chi connectivity index (χ0n) is 23.7. The van der Waals surface area contributed by atoms with Crippen LogP contribution >= 0.6 is 0 Å². The average Bonchev–Trinajstić information content (AvgIpc) is 2.98. The highest BCUT2D eigenvalue weighted by Gasteiger charge is 2.29. The molecule has 3 aromatic carbocycles. The molecule has 0 nitrogen and oxygen atoms in total. The van der Waals surface area contributed by atoms with E-state index >= 15 is 8.78 Å². The molecule has 0 spiro atoms. The van der Waals surface area contributed by atoms with Crippen LogP contribution in [-0.2, 0) is 6.42 Å². The van der Waals surface area contributed by atoms with Crippen molar-refractivity contribution in [1.29, 1.82) is 0 Å². The number of halogens is 4. The molecule has 0 heterocycles. The minimum absolute atomic E-state index is 0.155. The van der Waals surface area contributed by atoms with Crippen molar-refractivity contribution < 1.29 is 17.6 Å². The first-order valence-electron chi connectivity index (χ1n) is 15.2. The molecule has 1 saturated carbocycles. The first-order valence-corrected chi connectivity index (χ1v) is 15.2. The lowest BCUT2D eigenvalue weighted by Gasteiger charge is -2.35. The number of benzene rings is 3. The highest BCUT2D eigenvalue weighted by Crippen LogP contribution is 2.43. The highest BCUT2D eigenvalue weighted by atomic mass is 19.2. The highest BCUT2D eigenvalue weighted by molar-refractivity contribution is 5.74. The van der Waals surface area contributed by atoms with Crippen molar-refractivity contribution in [3.63, 3.8) is 0 Å². The molecule has 40 heavy (non-hydrogen) atoms. The molecule has 2 aliphatic rings. The molecular weight excluding hydrogens is 508 g/mol. The van der Waals surface area contributed by atoms with E-state index in [2.05, 4.69) is 13.0 Å². The molecule has 1 unspecified atom stereocenters. The Hall–Kier alpha value is -2.88. The van der Waals surface area contributed by atoms with E-state index in [-0.39, 0.29) is 11.1 Å². The summed E-state index contributed by atoms with van der Waals surface area (Å²) in [4.78, 5) is 0. The van der Waals surface area contributed by atoms with Gasteiger partial charge in [0, 0.05) is 16.7 Å². The van der Waals surface area contributed by atoms with E-state index in [0.29, 0.717) is 34.6 Å². The standard InChI is InChI=1S/C36H40F4/c1-3-5-23-7-9-24(10-8-23)25-11-13-26(14-12-25)31-21-22-32(36(40)35(31)39)28-17-15-27(16-18-28)30-20-19-29(6-4-2)33(37)34(30)38/h13,15-25H,3-12,14H2,1-2H3. The summed E-state index contributed by atoms with van der Waals surface area (Å²) >= 11 is 0. The van der Waals surface area contributed by atoms with Crippen molar-refractivity contribution in [2.75, 3.05) is 0 Å². The fourth-order valence-electron chi connectivity index (χ4n) is 7.01. The molecule has 0 saturated heterocycles. The summed E-state index contributed by atoms with van der Waals surface area (Å²) in [6.45, 7) is 4.18. The van der Waals surface area contributed by atoms with Crippen LogP contribution in [0.3, 0.4) is 0 Å². The zero-order valence-corrected chi connectivity index (χ0v) is 23.7. The van der Waals surface area contributed by atoms with Crippen LogP contribution in [-0.4, -0.2) is 0 Å². The smallest absolute Gasteiger partial charge is 0.167 e. The molecule has 0 N–H and O–H groups in total. The van der Waals surface area contributed by atoms with Crippen molar-refractivity contribution >= 4 is 5.57 Å². The first kappa shape index (κ1) is 28.6. The van der Waals surface area contributed by atoms with Crippen LogP contribution in [0.1, 0.15) is 89.2 Å². The number of hydrogen-bond acceptors (Lipinski definition) is 0. The quantitative estimate of drug-likeness (QED) is 0.246. The molecule has 3 aromatic rings. The van der Waals surface area contributed by atoms with E-state index in [4.69, 9.17) is 0 Å². The summed E-state index contributed by atoms with van der Waals surface area (Å²) in [6, 6.07) is 13.0. The summed E-state index contributed by atoms with van der Waals surface area (Å²) < 4.78 is 59.8. The zero-order chi connectivity index (χ0) is 28.2. The van der Waals surface area contributed by atoms with E-state index in [0.717, 1.165) is 43.1 Å². The van der Waals surface area contributed by atoms with Gasteiger partial charge in [-0.15, -0.1) is 0 Å². The Kier molecular flexibility index (Phi) is 9.13. The van der Waals surface area contributed by atoms with Crippen molar-refractivity contribution in [1.82, 2.24) is 0 Å². The third-order valence-electron chi connectivity index (χ3n) is 9.32. The van der Waals surface area contributed by atoms with Crippen LogP contribution < -0.4 is 0 Å². The lowest BCUT2D eigenvalue weighted by atomic mass is 9.70. The summed E-state index contributed by atoms with van der Waals surface area (Å²) in [5.74, 6) is -1.09. The van der Waals surface area contributed by atoms with Gasteiger partial charge in [0.1, 0.15) is 0 Å². The minimum Gasteiger partial charge on any atom is -0.203 e. The van der Waals surface area contributed by atoms with Crippen molar-refractivity contribution in [3.05, 3.63) is 89.0 Å². The molecule has 0 radical (unpaired) electrons. The van der Waals surface area contributed by atoms with Crippen LogP contribution in [0, 0.1) is 41.0 Å². The van der Waals surface area contributed by atoms with Gasteiger partial charge in [-0.25, -0.2) is 17.6 Å². The van der Waals surface area contributed by atoms with Crippen LogP contribution in [0.2, 0.25) is 0 Å². The molecule has 0 aromatic heterocycles. The minimum atomic E-state index is -0.882. The lowest BCUT2D eigenvalue weighted by molar-refractivity contribution is 0.189. The van der Waals surface area contributed by atoms with E-state index in [1.165, 1.54) is 38.5 Å². The second-order valence-electron chi connectivity index (χ2n) is 11.8. The van der Waals surface area contributed by atoms with Gasteiger partial charge in [-0.1, -0.05) is 101 Å². The van der Waals surface area contributed by atoms with E-state index in [1.807, 2.05) is 6.92 Å². The maximum atomic E-state index is 15.3. The van der Waals surface area contributed by atoms with Gasteiger partial charge in [-0.05, 0) is 78.5 Å². The van der Waals surface area contributed by atoms with Gasteiger partial charge in [-0.3, -0.25) is 0 Å². The summed E-state index contributed by atoms with van der Waals surface area (Å²) in [5, 5.41) is 0. The predicted molar refractivity (Wildman–Crippen MR) is 157 cm³/mol. The SMILES string of the molecule is CCCc1ccc(-c2ccc(-c3ccc(C4=CCC(C5CCC(CCC)CC5)CC4)c(F)c3F)cc2)c(F)c1F. The molecule has 0 amide bonds. The Morgan fingerprint density at radius 2 is 1.18 bits per heavy atom. The Bertz CT molecular complexity index is 1350. The van der Waals surface area contributed by atoms with Crippen LogP contribution in [0.25, 0.3) is 27.8 Å². The van der Waals surface area contributed by atoms with Gasteiger partial charge in [0.25, 0.3) is 0 Å². The number of aryl methyl sites for hydroxylation is 1. The van der Waals surface area contributed by atoms with Gasteiger partial charge in [-0.2, -0.15) is 0 Å². The predicted octanol–water partition coefficient (Wildman–Crippen LogP) is 11.3. The Balaban J connectivity index is 1.29. The van der Waals surface area contributed by atoms with E-state index in [9.17, 15) is 8.78 Å². The van der Waals surface area contributed by atoms with Crippen LogP contribution in [0.5, 0.6) is 0 Å². The van der Waals surface area contributed by atoms with Crippen molar-refractivity contribution in [2.24, 2.45) is 17.8 Å². The molecule has 212 valence electrons. The fraction of sp³-hybridized carbons (Fsp3) is 0.444. The van der Waals surface area contributed by atoms with Crippen LogP contribution in [0.15, 0.2) is 54.6 Å². The average molecular weight is 549 g/mol. The second kappa shape index (κ2) is 12.7. The van der Waals surface area contributed by atoms with Gasteiger partial charge in [0.2, 0.25) is 0 Å². The van der Waals surface area contributed by atoms with Gasteiger partial charge in [0.15, 0.2) is 23.3 Å². The molecule has 5 rings (SSSR count). The largest absolute Gasteiger partial charge is 0.203 e. The lowest BCUT2D eigenvalue weighted by Crippen LogP contribution is -2.23. The summed E-state index contributed by atoms with van der Waals surface area (Å²) in [7, 11) is 0. The maximum Gasteiger partial charge on any atom is 0.167 e. The molecule has 2 aliphatic carbocycles. The summed E-state index contributed by atoms with van der Waals surface area (Å²) in [5.41, 5.74) is 2.91. The normalized spacial score (nSPS) is 21.4. The number of hydrogen-bond donors (Lipinski definition) is 0. The fourth-order valence-corrected chi connectivity index (χ4v) is 7.01. The third kappa shape index (κ3) is 5.92. The summed E-state index contributed by atoms with van der Waals surface area (Å²) in [6.07, 6.45) is 14.0. The monoisotopic (exact) mass is 548 g/mol. The van der Waals surface area contributed by atoms with Crippen molar-refractivity contribution in [2.45, 2.75) is 84.5 Å². The molecule has 1 atom stereocenters. The molecule has 0 aliphatic heterocycles. The third-order valence-corrected chi connectivity index (χ3v) is 9.32. The Morgan fingerprint density at radius 1 is 0.600 bits per heavy atom. The van der Waals surface area contributed by atoms with Crippen LogP contribution in [0.4, 0.5) is 17.6 Å².